The van der Waals surface area contributed by atoms with E-state index in [9.17, 15) is 18.8 Å². The van der Waals surface area contributed by atoms with Gasteiger partial charge in [0.05, 0.1) is 6.04 Å². The fourth-order valence-electron chi connectivity index (χ4n) is 3.84. The normalized spacial score (nSPS) is 19.1. The summed E-state index contributed by atoms with van der Waals surface area (Å²) in [7, 11) is 0. The van der Waals surface area contributed by atoms with E-state index < -0.39 is 29.7 Å². The van der Waals surface area contributed by atoms with E-state index in [1.807, 2.05) is 44.2 Å². The van der Waals surface area contributed by atoms with E-state index in [-0.39, 0.29) is 23.3 Å². The first-order chi connectivity index (χ1) is 15.3. The van der Waals surface area contributed by atoms with E-state index in [4.69, 9.17) is 0 Å². The molecular weight excluding hydrogens is 409 g/mol. The largest absolute Gasteiger partial charge is 0.343 e. The summed E-state index contributed by atoms with van der Waals surface area (Å²) in [4.78, 5) is 38.2. The second-order valence-corrected chi connectivity index (χ2v) is 8.61. The number of carbonyl (C=O) groups excluding carboxylic acids is 3. The molecule has 0 radical (unpaired) electrons. The monoisotopic (exact) mass is 439 g/mol. The van der Waals surface area contributed by atoms with E-state index >= 15 is 0 Å². The van der Waals surface area contributed by atoms with Gasteiger partial charge in [-0.3, -0.25) is 14.4 Å². The molecule has 1 heterocycles. The average Bonchev–Trinajstić information content (AvgIpc) is 3.11. The van der Waals surface area contributed by atoms with Crippen LogP contribution in [-0.4, -0.2) is 42.3 Å². The molecule has 170 valence electrons. The van der Waals surface area contributed by atoms with E-state index in [0.717, 1.165) is 12.0 Å². The average molecular weight is 440 g/mol. The highest BCUT2D eigenvalue weighted by Crippen LogP contribution is 2.13. The molecule has 1 fully saturated rings. The number of Topliss-reactive ketones (excluding diaryl/α,β-unsaturated/α-hetero) is 1. The lowest BCUT2D eigenvalue weighted by Gasteiger charge is -2.22. The van der Waals surface area contributed by atoms with Crippen molar-refractivity contribution in [2.24, 2.45) is 5.92 Å². The van der Waals surface area contributed by atoms with Crippen molar-refractivity contribution < 1.29 is 18.8 Å². The maximum absolute atomic E-state index is 13.1. The molecule has 2 aromatic rings. The van der Waals surface area contributed by atoms with Gasteiger partial charge in [-0.25, -0.2) is 4.39 Å². The maximum Gasteiger partial charge on any atom is 0.251 e. The second-order valence-electron chi connectivity index (χ2n) is 8.61. The molecule has 3 N–H and O–H groups in total. The third-order valence-electron chi connectivity index (χ3n) is 5.57. The van der Waals surface area contributed by atoms with Crippen LogP contribution in [0.25, 0.3) is 0 Å². The van der Waals surface area contributed by atoms with Gasteiger partial charge < -0.3 is 16.0 Å². The molecule has 0 aromatic heterocycles. The van der Waals surface area contributed by atoms with Gasteiger partial charge in [0.2, 0.25) is 5.91 Å². The number of hydrogen-bond acceptors (Lipinski definition) is 4. The summed E-state index contributed by atoms with van der Waals surface area (Å²) in [5.41, 5.74) is 1.43. The third-order valence-corrected chi connectivity index (χ3v) is 5.57. The number of nitrogens with one attached hydrogen (secondary N) is 3. The topological polar surface area (TPSA) is 87.3 Å². The molecule has 1 aliphatic heterocycles. The van der Waals surface area contributed by atoms with Crippen molar-refractivity contribution in [2.75, 3.05) is 6.54 Å². The zero-order chi connectivity index (χ0) is 23.1. The molecule has 0 spiro atoms. The number of halogens is 1. The Labute approximate surface area is 188 Å². The summed E-state index contributed by atoms with van der Waals surface area (Å²) in [6.45, 7) is 4.27. The lowest BCUT2D eigenvalue weighted by atomic mass is 10.0. The van der Waals surface area contributed by atoms with Crippen LogP contribution in [0.3, 0.4) is 0 Å². The molecule has 2 unspecified atom stereocenters. The summed E-state index contributed by atoms with van der Waals surface area (Å²) in [6, 6.07) is 13.4. The van der Waals surface area contributed by atoms with Gasteiger partial charge in [0.25, 0.3) is 5.91 Å². The number of amides is 2. The minimum atomic E-state index is -0.788. The predicted octanol–water partition coefficient (Wildman–Crippen LogP) is 2.63. The van der Waals surface area contributed by atoms with E-state index in [2.05, 4.69) is 16.0 Å². The van der Waals surface area contributed by atoms with Gasteiger partial charge in [-0.05, 0) is 55.0 Å². The van der Waals surface area contributed by atoms with Gasteiger partial charge >= 0.3 is 0 Å². The van der Waals surface area contributed by atoms with Crippen LogP contribution in [-0.2, 0) is 16.0 Å². The maximum atomic E-state index is 13.1. The van der Waals surface area contributed by atoms with Crippen LogP contribution in [0.2, 0.25) is 0 Å². The van der Waals surface area contributed by atoms with E-state index in [1.54, 1.807) is 0 Å². The molecule has 2 amide bonds. The van der Waals surface area contributed by atoms with Crippen molar-refractivity contribution in [1.82, 2.24) is 16.0 Å². The Morgan fingerprint density at radius 3 is 2.44 bits per heavy atom. The number of carbonyl (C=O) groups is 3. The number of rotatable bonds is 9. The first kappa shape index (κ1) is 23.6. The summed E-state index contributed by atoms with van der Waals surface area (Å²) < 4.78 is 13.1. The van der Waals surface area contributed by atoms with Crippen LogP contribution in [0.15, 0.2) is 54.6 Å². The van der Waals surface area contributed by atoms with Crippen molar-refractivity contribution in [1.29, 1.82) is 0 Å². The Balaban J connectivity index is 1.57. The van der Waals surface area contributed by atoms with Crippen LogP contribution >= 0.6 is 0 Å². The lowest BCUT2D eigenvalue weighted by Crippen LogP contribution is -2.52. The smallest absolute Gasteiger partial charge is 0.251 e. The minimum absolute atomic E-state index is 0.0394. The lowest BCUT2D eigenvalue weighted by molar-refractivity contribution is -0.128. The first-order valence-corrected chi connectivity index (χ1v) is 11.0. The van der Waals surface area contributed by atoms with Gasteiger partial charge in [-0.15, -0.1) is 0 Å². The highest BCUT2D eigenvalue weighted by Gasteiger charge is 2.36. The summed E-state index contributed by atoms with van der Waals surface area (Å²) in [6.07, 6.45) is 1.85. The number of ketones is 1. The predicted molar refractivity (Wildman–Crippen MR) is 121 cm³/mol. The number of hydrogen-bond donors (Lipinski definition) is 3. The summed E-state index contributed by atoms with van der Waals surface area (Å²) >= 11 is 0. The quantitative estimate of drug-likeness (QED) is 0.561. The SMILES string of the molecule is CC(C)C[C@H](NC(=O)c1ccc(F)cc1)C(=O)NC1CNC(CCc2ccccc2)C1=O. The van der Waals surface area contributed by atoms with Crippen molar-refractivity contribution in [3.8, 4) is 0 Å². The van der Waals surface area contributed by atoms with Crippen molar-refractivity contribution in [2.45, 2.75) is 51.2 Å². The Bertz CT molecular complexity index is 931. The number of aryl methyl sites for hydroxylation is 1. The van der Waals surface area contributed by atoms with Crippen LogP contribution in [0.4, 0.5) is 4.39 Å². The Hall–Kier alpha value is -3.06. The zero-order valence-corrected chi connectivity index (χ0v) is 18.4. The Kier molecular flexibility index (Phi) is 8.11. The van der Waals surface area contributed by atoms with Crippen molar-refractivity contribution in [3.05, 3.63) is 71.5 Å². The van der Waals surface area contributed by atoms with Crippen LogP contribution < -0.4 is 16.0 Å². The molecule has 2 aromatic carbocycles. The molecule has 3 atom stereocenters. The molecule has 7 heteroatoms. The van der Waals surface area contributed by atoms with Crippen LogP contribution in [0.5, 0.6) is 0 Å². The van der Waals surface area contributed by atoms with Gasteiger partial charge in [0.15, 0.2) is 5.78 Å². The van der Waals surface area contributed by atoms with Gasteiger partial charge in [0, 0.05) is 12.1 Å². The molecule has 3 rings (SSSR count). The molecule has 0 aliphatic carbocycles. The van der Waals surface area contributed by atoms with Gasteiger partial charge in [-0.1, -0.05) is 44.2 Å². The third kappa shape index (κ3) is 6.47. The Morgan fingerprint density at radius 2 is 1.78 bits per heavy atom. The highest BCUT2D eigenvalue weighted by molar-refractivity contribution is 5.99. The molecule has 0 bridgehead atoms. The minimum Gasteiger partial charge on any atom is -0.343 e. The van der Waals surface area contributed by atoms with E-state index in [1.165, 1.54) is 24.3 Å². The highest BCUT2D eigenvalue weighted by atomic mass is 19.1. The summed E-state index contributed by atoms with van der Waals surface area (Å²) in [5.74, 6) is -1.18. The molecule has 0 saturated carbocycles. The number of benzene rings is 2. The molecular formula is C25H30FN3O3. The van der Waals surface area contributed by atoms with Crippen molar-refractivity contribution in [3.63, 3.8) is 0 Å². The molecule has 32 heavy (non-hydrogen) atoms. The van der Waals surface area contributed by atoms with E-state index in [0.29, 0.717) is 19.4 Å². The first-order valence-electron chi connectivity index (χ1n) is 11.0. The zero-order valence-electron chi connectivity index (χ0n) is 18.4. The van der Waals surface area contributed by atoms with Crippen LogP contribution in [0, 0.1) is 11.7 Å². The summed E-state index contributed by atoms with van der Waals surface area (Å²) in [5, 5.41) is 8.72. The standard InChI is InChI=1S/C25H30FN3O3/c1-16(2)14-21(28-24(31)18-9-11-19(26)12-10-18)25(32)29-22-15-27-20(23(22)30)13-8-17-6-4-3-5-7-17/h3-7,9-12,16,20-22,27H,8,13-15H2,1-2H3,(H,28,31)(H,29,32)/t20?,21-,22?/m0/s1. The fourth-order valence-corrected chi connectivity index (χ4v) is 3.84. The van der Waals surface area contributed by atoms with Crippen LogP contribution in [0.1, 0.15) is 42.6 Å². The second kappa shape index (κ2) is 11.0. The Morgan fingerprint density at radius 1 is 1.09 bits per heavy atom. The molecule has 1 saturated heterocycles. The fraction of sp³-hybridized carbons (Fsp3) is 0.400. The van der Waals surface area contributed by atoms with Gasteiger partial charge in [-0.2, -0.15) is 0 Å². The van der Waals surface area contributed by atoms with Crippen molar-refractivity contribution >= 4 is 17.6 Å². The molecule has 6 nitrogen and oxygen atoms in total. The molecule has 1 aliphatic rings. The van der Waals surface area contributed by atoms with Gasteiger partial charge in [0.1, 0.15) is 17.9 Å².